The summed E-state index contributed by atoms with van der Waals surface area (Å²) in [6, 6.07) is 4.94. The predicted octanol–water partition coefficient (Wildman–Crippen LogP) is 3.97. The van der Waals surface area contributed by atoms with Crippen LogP contribution < -0.4 is 5.32 Å². The van der Waals surface area contributed by atoms with Crippen LogP contribution in [0.5, 0.6) is 0 Å². The van der Waals surface area contributed by atoms with E-state index in [0.717, 1.165) is 25.0 Å². The zero-order valence-corrected chi connectivity index (χ0v) is 16.8. The second-order valence-corrected chi connectivity index (χ2v) is 7.44. The monoisotopic (exact) mass is 436 g/mol. The van der Waals surface area contributed by atoms with Crippen molar-refractivity contribution in [3.8, 4) is 5.69 Å². The number of aromatic nitrogens is 5. The summed E-state index contributed by atoms with van der Waals surface area (Å²) in [7, 11) is 0. The second-order valence-electron chi connectivity index (χ2n) is 7.05. The van der Waals surface area contributed by atoms with E-state index in [4.69, 9.17) is 12.2 Å². The van der Waals surface area contributed by atoms with Gasteiger partial charge in [0, 0.05) is 12.5 Å². The van der Waals surface area contributed by atoms with Gasteiger partial charge in [-0.3, -0.25) is 9.89 Å². The van der Waals surface area contributed by atoms with E-state index < -0.39 is 11.7 Å². The molecule has 2 N–H and O–H groups in total. The maximum atomic E-state index is 13.1. The average Bonchev–Trinajstić information content (AvgIpc) is 3.35. The van der Waals surface area contributed by atoms with Gasteiger partial charge in [0.1, 0.15) is 0 Å². The van der Waals surface area contributed by atoms with E-state index >= 15 is 0 Å². The zero-order chi connectivity index (χ0) is 21.5. The number of hydrogen-bond donors (Lipinski definition) is 2. The first-order chi connectivity index (χ1) is 14.3. The van der Waals surface area contributed by atoms with Crippen molar-refractivity contribution < 1.29 is 18.0 Å². The second kappa shape index (κ2) is 7.71. The van der Waals surface area contributed by atoms with Crippen LogP contribution in [0.25, 0.3) is 5.69 Å². The summed E-state index contributed by atoms with van der Waals surface area (Å²) in [5, 5.41) is 13.8. The topological polar surface area (TPSA) is 80.5 Å². The molecule has 1 saturated carbocycles. The van der Waals surface area contributed by atoms with Crippen molar-refractivity contribution >= 4 is 18.1 Å². The fourth-order valence-corrected chi connectivity index (χ4v) is 3.65. The zero-order valence-electron chi connectivity index (χ0n) is 16.0. The van der Waals surface area contributed by atoms with Crippen LogP contribution in [0.2, 0.25) is 0 Å². The van der Waals surface area contributed by atoms with Gasteiger partial charge in [0.2, 0.25) is 0 Å². The minimum atomic E-state index is -4.45. The SMILES string of the molecule is CCn1c(CNC(=O)c2cnn(-c3cccc(C(F)(F)F)c3)c2C2CC2)n[nH]c1=S. The quantitative estimate of drug-likeness (QED) is 0.573. The molecule has 0 aliphatic heterocycles. The number of halogens is 3. The Morgan fingerprint density at radius 3 is 2.80 bits per heavy atom. The van der Waals surface area contributed by atoms with Crippen molar-refractivity contribution in [3.05, 3.63) is 57.9 Å². The number of carbonyl (C=O) groups is 1. The van der Waals surface area contributed by atoms with E-state index in [1.54, 1.807) is 10.6 Å². The van der Waals surface area contributed by atoms with Crippen LogP contribution in [0.3, 0.4) is 0 Å². The molecule has 1 fully saturated rings. The Morgan fingerprint density at radius 2 is 2.13 bits per heavy atom. The van der Waals surface area contributed by atoms with E-state index in [1.807, 2.05) is 6.92 Å². The Morgan fingerprint density at radius 1 is 1.37 bits per heavy atom. The van der Waals surface area contributed by atoms with Crippen molar-refractivity contribution in [3.63, 3.8) is 0 Å². The molecule has 0 atom stereocenters. The standard InChI is InChI=1S/C19H19F3N6OS/c1-2-27-15(25-26-18(27)30)10-23-17(29)14-9-24-28(16(14)11-6-7-11)13-5-3-4-12(8-13)19(20,21)22/h3-5,8-9,11H,2,6-7,10H2,1H3,(H,23,29)(H,26,30). The fourth-order valence-electron chi connectivity index (χ4n) is 3.37. The Bertz CT molecular complexity index is 1140. The molecule has 0 bridgehead atoms. The molecular weight excluding hydrogens is 417 g/mol. The van der Waals surface area contributed by atoms with Crippen LogP contribution in [0.15, 0.2) is 30.5 Å². The van der Waals surface area contributed by atoms with E-state index in [2.05, 4.69) is 20.6 Å². The summed E-state index contributed by atoms with van der Waals surface area (Å²) in [5.41, 5.74) is 0.497. The molecule has 158 valence electrons. The van der Waals surface area contributed by atoms with E-state index in [0.29, 0.717) is 28.4 Å². The molecule has 2 heterocycles. The summed E-state index contributed by atoms with van der Waals surface area (Å²) in [6.45, 7) is 2.70. The van der Waals surface area contributed by atoms with Gasteiger partial charge < -0.3 is 9.88 Å². The normalized spacial score (nSPS) is 14.1. The lowest BCUT2D eigenvalue weighted by molar-refractivity contribution is -0.137. The van der Waals surface area contributed by atoms with E-state index in [1.165, 1.54) is 16.9 Å². The third kappa shape index (κ3) is 3.89. The highest BCUT2D eigenvalue weighted by molar-refractivity contribution is 7.71. The highest BCUT2D eigenvalue weighted by Gasteiger charge is 2.34. The molecule has 0 spiro atoms. The Labute approximate surface area is 174 Å². The Balaban J connectivity index is 1.62. The summed E-state index contributed by atoms with van der Waals surface area (Å²) < 4.78 is 43.0. The minimum absolute atomic E-state index is 0.0907. The third-order valence-electron chi connectivity index (χ3n) is 4.99. The summed E-state index contributed by atoms with van der Waals surface area (Å²) in [4.78, 5) is 12.8. The maximum Gasteiger partial charge on any atom is 0.416 e. The number of nitrogens with one attached hydrogen (secondary N) is 2. The van der Waals surface area contributed by atoms with Crippen molar-refractivity contribution in [2.75, 3.05) is 0 Å². The van der Waals surface area contributed by atoms with Gasteiger partial charge in [0.15, 0.2) is 10.6 Å². The van der Waals surface area contributed by atoms with Crippen molar-refractivity contribution in [2.24, 2.45) is 0 Å². The molecular formula is C19H19F3N6OS. The molecule has 30 heavy (non-hydrogen) atoms. The number of amides is 1. The third-order valence-corrected chi connectivity index (χ3v) is 5.31. The fraction of sp³-hybridized carbons (Fsp3) is 0.368. The molecule has 0 saturated heterocycles. The lowest BCUT2D eigenvalue weighted by Crippen LogP contribution is -2.25. The molecule has 1 amide bonds. The number of hydrogen-bond acceptors (Lipinski definition) is 4. The van der Waals surface area contributed by atoms with Gasteiger partial charge >= 0.3 is 6.18 Å². The van der Waals surface area contributed by atoms with Crippen LogP contribution in [0.1, 0.15) is 53.1 Å². The van der Waals surface area contributed by atoms with Gasteiger partial charge in [-0.15, -0.1) is 0 Å². The minimum Gasteiger partial charge on any atom is -0.345 e. The number of benzene rings is 1. The largest absolute Gasteiger partial charge is 0.416 e. The van der Waals surface area contributed by atoms with Gasteiger partial charge in [-0.05, 0) is 50.2 Å². The molecule has 1 aliphatic carbocycles. The van der Waals surface area contributed by atoms with Crippen molar-refractivity contribution in [1.29, 1.82) is 0 Å². The highest BCUT2D eigenvalue weighted by atomic mass is 32.1. The molecule has 11 heteroatoms. The lowest BCUT2D eigenvalue weighted by Gasteiger charge is -2.12. The summed E-state index contributed by atoms with van der Waals surface area (Å²) >= 11 is 5.14. The van der Waals surface area contributed by atoms with E-state index in [9.17, 15) is 18.0 Å². The van der Waals surface area contributed by atoms with Gasteiger partial charge in [-0.25, -0.2) is 4.68 Å². The average molecular weight is 436 g/mol. The molecule has 1 aromatic carbocycles. The molecule has 7 nitrogen and oxygen atoms in total. The molecule has 3 aromatic rings. The number of aromatic amines is 1. The predicted molar refractivity (Wildman–Crippen MR) is 105 cm³/mol. The Kier molecular flexibility index (Phi) is 5.22. The van der Waals surface area contributed by atoms with Gasteiger partial charge in [0.05, 0.1) is 35.2 Å². The van der Waals surface area contributed by atoms with Crippen molar-refractivity contribution in [2.45, 2.75) is 44.9 Å². The van der Waals surface area contributed by atoms with Crippen LogP contribution in [-0.4, -0.2) is 30.5 Å². The van der Waals surface area contributed by atoms with Gasteiger partial charge in [-0.2, -0.15) is 23.4 Å². The number of H-pyrrole nitrogens is 1. The number of nitrogens with zero attached hydrogens (tertiary/aromatic N) is 4. The molecule has 2 aromatic heterocycles. The highest BCUT2D eigenvalue weighted by Crippen LogP contribution is 2.42. The van der Waals surface area contributed by atoms with Crippen molar-refractivity contribution in [1.82, 2.24) is 29.9 Å². The maximum absolute atomic E-state index is 13.1. The van der Waals surface area contributed by atoms with Crippen LogP contribution in [-0.2, 0) is 19.3 Å². The number of alkyl halides is 3. The molecule has 0 radical (unpaired) electrons. The van der Waals surface area contributed by atoms with Crippen LogP contribution in [0.4, 0.5) is 13.2 Å². The first-order valence-corrected chi connectivity index (χ1v) is 9.88. The van der Waals surface area contributed by atoms with Crippen LogP contribution >= 0.6 is 12.2 Å². The molecule has 0 unspecified atom stereocenters. The number of rotatable bonds is 6. The van der Waals surface area contributed by atoms with Crippen LogP contribution in [0, 0.1) is 4.77 Å². The molecule has 4 rings (SSSR count). The molecule has 1 aliphatic rings. The van der Waals surface area contributed by atoms with E-state index in [-0.39, 0.29) is 24.1 Å². The first kappa shape index (κ1) is 20.3. The van der Waals surface area contributed by atoms with Gasteiger partial charge in [-0.1, -0.05) is 6.07 Å². The lowest BCUT2D eigenvalue weighted by atomic mass is 10.1. The number of carbonyl (C=O) groups excluding carboxylic acids is 1. The van der Waals surface area contributed by atoms with Gasteiger partial charge in [0.25, 0.3) is 5.91 Å². The smallest absolute Gasteiger partial charge is 0.345 e. The summed E-state index contributed by atoms with van der Waals surface area (Å²) in [6.07, 6.45) is -1.33. The first-order valence-electron chi connectivity index (χ1n) is 9.47. The Hall–Kier alpha value is -2.95. The summed E-state index contributed by atoms with van der Waals surface area (Å²) in [5.74, 6) is 0.328.